The van der Waals surface area contributed by atoms with Crippen LogP contribution in [0.3, 0.4) is 0 Å². The topological polar surface area (TPSA) is 0 Å². The predicted octanol–water partition coefficient (Wildman–Crippen LogP) is 2.61. The van der Waals surface area contributed by atoms with Crippen molar-refractivity contribution in [3.63, 3.8) is 0 Å². The molecule has 0 unspecified atom stereocenters. The van der Waals surface area contributed by atoms with Crippen LogP contribution in [0.5, 0.6) is 0 Å². The first-order valence-electron chi connectivity index (χ1n) is 1.92. The molecule has 39 valence electrons. The second-order valence-corrected chi connectivity index (χ2v) is 13.7. The molecule has 0 heterocycles. The van der Waals surface area contributed by atoms with Gasteiger partial charge in [-0.15, -0.1) is 0 Å². The van der Waals surface area contributed by atoms with Gasteiger partial charge in [-0.1, -0.05) is 0 Å². The molecule has 0 aromatic rings. The number of rotatable bonds is 2. The van der Waals surface area contributed by atoms with Gasteiger partial charge in [0.05, 0.1) is 0 Å². The predicted molar refractivity (Wildman–Crippen MR) is 32.9 cm³/mol. The van der Waals surface area contributed by atoms with E-state index in [9.17, 15) is 0 Å². The van der Waals surface area contributed by atoms with Crippen molar-refractivity contribution >= 4 is 39.2 Å². The van der Waals surface area contributed by atoms with Crippen LogP contribution in [-0.4, -0.2) is 6.00 Å². The zero-order valence-electron chi connectivity index (χ0n) is 3.76. The second kappa shape index (κ2) is 2.41. The van der Waals surface area contributed by atoms with E-state index in [1.54, 1.807) is 0 Å². The van der Waals surface area contributed by atoms with Crippen LogP contribution in [0.1, 0.15) is 0 Å². The Balaban J connectivity index is 3.15. The molecule has 0 atom stereocenters. The summed E-state index contributed by atoms with van der Waals surface area (Å²) >= 11 is 16.6. The zero-order valence-corrected chi connectivity index (χ0v) is 13.4. The minimum absolute atomic E-state index is 0.717. The van der Waals surface area contributed by atoms with E-state index in [4.69, 9.17) is 33.2 Å². The molecule has 0 amide bonds. The molecule has 0 radical (unpaired) electrons. The molecule has 0 aliphatic carbocycles. The molecule has 0 bridgehead atoms. The average Bonchev–Trinajstić information content (AvgIpc) is 1.30. The number of hydrogen-bond donors (Lipinski definition) is 0. The van der Waals surface area contributed by atoms with Crippen LogP contribution in [0, 0.1) is 0 Å². The fraction of sp³-hybridized carbons (Fsp3) is 1.00. The van der Waals surface area contributed by atoms with Crippen molar-refractivity contribution in [2.45, 2.75) is 13.0 Å². The molecule has 0 aliphatic rings. The Labute approximate surface area is 52.5 Å². The Bertz CT molecular complexity index is 51.4. The summed E-state index contributed by atoms with van der Waals surface area (Å²) in [7, 11) is 0. The fourth-order valence-corrected chi connectivity index (χ4v) is 18.1. The van der Waals surface area contributed by atoms with E-state index in [-0.39, 0.29) is 0 Å². The minimum atomic E-state index is -2.19. The monoisotopic (exact) mass is 428 g/mol. The van der Waals surface area contributed by atoms with Crippen LogP contribution in [0.25, 0.3) is 0 Å². The van der Waals surface area contributed by atoms with E-state index in [2.05, 4.69) is 0 Å². The van der Waals surface area contributed by atoms with Gasteiger partial charge >= 0.3 is 52.2 Å². The van der Waals surface area contributed by atoms with Gasteiger partial charge < -0.3 is 0 Å². The maximum atomic E-state index is 5.54. The second-order valence-electron chi connectivity index (χ2n) is 1.22. The fourth-order valence-electron chi connectivity index (χ4n) is 0.200. The molecule has 0 aromatic heterocycles. The Hall–Kier alpha value is 0.0869. The summed E-state index contributed by atoms with van der Waals surface area (Å²) in [4.78, 5) is 0. The first kappa shape index (κ1) is 7.09. The third kappa shape index (κ3) is 6.09. The van der Waals surface area contributed by atoms with E-state index in [1.807, 2.05) is 0 Å². The van der Waals surface area contributed by atoms with Gasteiger partial charge in [0, 0.05) is 0 Å². The molecule has 0 spiro atoms. The molecule has 5 heteroatoms. The summed E-state index contributed by atoms with van der Waals surface area (Å²) in [5.41, 5.74) is 0. The molecule has 7 heavy (non-hydrogen) atoms. The molecule has 0 rings (SSSR count). The van der Waals surface area contributed by atoms with E-state index < -0.39 is 6.00 Å². The first-order chi connectivity index (χ1) is 3.06. The van der Waals surface area contributed by atoms with Crippen molar-refractivity contribution < 1.29 is 0 Å². The Kier molecular flexibility index (Phi) is 2.44. The van der Waals surface area contributed by atoms with Crippen LogP contribution < -0.4 is 0 Å². The molecule has 0 saturated heterocycles. The van der Waals surface area contributed by atoms with E-state index in [0.717, 1.165) is 6.04 Å². The molecule has 0 saturated carbocycles. The Morgan fingerprint density at radius 3 is 1.71 bits per heavy atom. The third-order valence-electron chi connectivity index (χ3n) is 0.460. The quantitative estimate of drug-likeness (QED) is 0.468. The number of hydrogen-bond acceptors (Lipinski definition) is 0. The Morgan fingerprint density at radius 2 is 1.71 bits per heavy atom. The van der Waals surface area contributed by atoms with E-state index in [1.165, 1.54) is 6.92 Å². The van der Waals surface area contributed by atoms with Gasteiger partial charge in [-0.25, -0.2) is 0 Å². The number of halogens is 3. The summed E-state index contributed by atoms with van der Waals surface area (Å²) in [5.74, 6) is 0. The van der Waals surface area contributed by atoms with Gasteiger partial charge in [-0.3, -0.25) is 0 Å². The van der Waals surface area contributed by atoms with Gasteiger partial charge in [-0.05, 0) is 0 Å². The summed E-state index contributed by atoms with van der Waals surface area (Å²) in [6, 6.07) is -1.32. The maximum absolute atomic E-state index is 5.54. The van der Waals surface area contributed by atoms with Gasteiger partial charge in [0.25, 0.3) is 0 Å². The normalized spacial score (nSPS) is 12.1. The molecule has 0 aromatic carbocycles. The third-order valence-corrected chi connectivity index (χ3v) is 7.88. The average molecular weight is 429 g/mol. The van der Waals surface area contributed by atoms with Gasteiger partial charge in [0.2, 0.25) is 0 Å². The molecule has 0 nitrogen and oxygen atoms in total. The van der Waals surface area contributed by atoms with Crippen LogP contribution in [0.4, 0.5) is 0 Å². The molecule has 0 N–H and O–H groups in total. The zero-order chi connectivity index (χ0) is 5.91. The van der Waals surface area contributed by atoms with Gasteiger partial charge in [0.1, 0.15) is 0 Å². The van der Waals surface area contributed by atoms with Gasteiger partial charge in [-0.2, -0.15) is 0 Å². The SMILES string of the molecule is Cl[Si](Cl)(Cl)C[CH2][Rf]. The van der Waals surface area contributed by atoms with E-state index in [0.29, 0.717) is 0 Å². The molecular weight excluding hydrogens is 425 g/mol. The van der Waals surface area contributed by atoms with Gasteiger partial charge in [0.15, 0.2) is 0 Å². The summed E-state index contributed by atoms with van der Waals surface area (Å²) in [5, 5.41) is 0. The van der Waals surface area contributed by atoms with Crippen molar-refractivity contribution in [3.05, 3.63) is 0 Å². The standard InChI is InChI=1S/C2H4Cl3Si.Rf/c1-2-6(3,4)5;/h1-2H2;. The molecule has 0 aliphatic heterocycles. The first-order valence-corrected chi connectivity index (χ1v) is 11.7. The molecular formula is C2H4Cl3RfSi. The summed E-state index contributed by atoms with van der Waals surface area (Å²) < 4.78 is 0.717. The van der Waals surface area contributed by atoms with Crippen molar-refractivity contribution in [3.8, 4) is 0 Å². The Morgan fingerprint density at radius 1 is 1.29 bits per heavy atom. The van der Waals surface area contributed by atoms with Crippen LogP contribution in [0.15, 0.2) is 0 Å². The summed E-state index contributed by atoms with van der Waals surface area (Å²) in [6.07, 6.45) is 0. The van der Waals surface area contributed by atoms with Crippen LogP contribution in [0.2, 0.25) is 13.0 Å². The van der Waals surface area contributed by atoms with Crippen molar-refractivity contribution in [1.29, 1.82) is 0 Å². The summed E-state index contributed by atoms with van der Waals surface area (Å²) in [6.45, 7) is 1.18. The van der Waals surface area contributed by atoms with E-state index >= 15 is 0 Å². The van der Waals surface area contributed by atoms with Crippen molar-refractivity contribution in [2.75, 3.05) is 0 Å². The van der Waals surface area contributed by atoms with Crippen molar-refractivity contribution in [1.82, 2.24) is 0 Å². The van der Waals surface area contributed by atoms with Crippen LogP contribution in [-0.2, 0) is 0 Å². The van der Waals surface area contributed by atoms with Crippen molar-refractivity contribution in [2.24, 2.45) is 0 Å². The van der Waals surface area contributed by atoms with Crippen LogP contribution >= 0.6 is 33.2 Å². The molecule has 0 fully saturated rings.